The van der Waals surface area contributed by atoms with Crippen molar-refractivity contribution in [2.45, 2.75) is 0 Å². The molecule has 0 saturated heterocycles. The van der Waals surface area contributed by atoms with E-state index in [2.05, 4.69) is 22.7 Å². The van der Waals surface area contributed by atoms with Gasteiger partial charge in [-0.25, -0.2) is 0 Å². The lowest BCUT2D eigenvalue weighted by Crippen LogP contribution is -3.00. The van der Waals surface area contributed by atoms with Crippen LogP contribution in [-0.2, 0) is 0 Å². The van der Waals surface area contributed by atoms with Crippen LogP contribution in [0.15, 0.2) is 42.7 Å². The van der Waals surface area contributed by atoms with Crippen molar-refractivity contribution in [3.63, 3.8) is 0 Å². The predicted octanol–water partition coefficient (Wildman–Crippen LogP) is -0.392. The lowest BCUT2D eigenvalue weighted by molar-refractivity contribution is -0.510. The molecule has 0 spiro atoms. The summed E-state index contributed by atoms with van der Waals surface area (Å²) in [6, 6.07) is 10.1. The summed E-state index contributed by atoms with van der Waals surface area (Å²) in [5.74, 6) is 1.96. The van der Waals surface area contributed by atoms with Gasteiger partial charge in [0.25, 0.3) is 0 Å². The molecular formula is C16H16BrNO3. The zero-order valence-corrected chi connectivity index (χ0v) is 13.7. The van der Waals surface area contributed by atoms with Gasteiger partial charge in [-0.15, -0.1) is 0 Å². The van der Waals surface area contributed by atoms with Crippen LogP contribution in [0.1, 0.15) is 0 Å². The Balaban J connectivity index is 0.00000161. The van der Waals surface area contributed by atoms with Crippen molar-refractivity contribution in [2.75, 3.05) is 21.3 Å². The largest absolute Gasteiger partial charge is 1.00 e. The number of pyridine rings is 2. The molecule has 0 N–H and O–H groups in total. The first-order chi connectivity index (χ1) is 9.78. The van der Waals surface area contributed by atoms with Crippen LogP contribution in [-0.4, -0.2) is 21.3 Å². The lowest BCUT2D eigenvalue weighted by atomic mass is 10.1. The molecule has 0 unspecified atom stereocenters. The fraction of sp³-hybridized carbons (Fsp3) is 0.188. The standard InChI is InChI=1S/C16H16NO3.BrH/c1-18-14-8-11-10-17-7-5-4-6-12(17)9-13(11)15(19-2)16(14)20-3;/h4-10H,1-3H3;1H/q+1;/p-1. The van der Waals surface area contributed by atoms with E-state index in [9.17, 15) is 0 Å². The summed E-state index contributed by atoms with van der Waals surface area (Å²) < 4.78 is 18.4. The second-order valence-corrected chi connectivity index (χ2v) is 4.45. The Labute approximate surface area is 133 Å². The summed E-state index contributed by atoms with van der Waals surface area (Å²) in [5, 5.41) is 2.03. The SMILES string of the molecule is COc1cc2c[n+]3ccccc3cc2c(OC)c1OC.[Br-]. The molecule has 2 aromatic heterocycles. The van der Waals surface area contributed by atoms with Gasteiger partial charge in [0.2, 0.25) is 11.3 Å². The van der Waals surface area contributed by atoms with Crippen LogP contribution in [0.2, 0.25) is 0 Å². The molecule has 4 nitrogen and oxygen atoms in total. The maximum atomic E-state index is 5.53. The van der Waals surface area contributed by atoms with Crippen LogP contribution in [0.25, 0.3) is 16.3 Å². The van der Waals surface area contributed by atoms with Crippen molar-refractivity contribution in [2.24, 2.45) is 0 Å². The van der Waals surface area contributed by atoms with Gasteiger partial charge in [0.05, 0.1) is 26.7 Å². The molecule has 0 aliphatic carbocycles. The summed E-state index contributed by atoms with van der Waals surface area (Å²) in [6.45, 7) is 0. The molecule has 21 heavy (non-hydrogen) atoms. The minimum atomic E-state index is 0. The molecule has 0 aliphatic rings. The van der Waals surface area contributed by atoms with Crippen LogP contribution < -0.4 is 35.6 Å². The number of fused-ring (bicyclic) bond motifs is 2. The smallest absolute Gasteiger partial charge is 0.211 e. The van der Waals surface area contributed by atoms with Crippen LogP contribution in [0.5, 0.6) is 17.2 Å². The highest BCUT2D eigenvalue weighted by atomic mass is 79.9. The molecule has 1 aromatic carbocycles. The third-order valence-electron chi connectivity index (χ3n) is 3.39. The Morgan fingerprint density at radius 3 is 2.33 bits per heavy atom. The van der Waals surface area contributed by atoms with Gasteiger partial charge in [-0.1, -0.05) is 0 Å². The normalized spacial score (nSPS) is 10.2. The third kappa shape index (κ3) is 2.49. The van der Waals surface area contributed by atoms with E-state index in [0.29, 0.717) is 17.2 Å². The molecular weight excluding hydrogens is 334 g/mol. The highest BCUT2D eigenvalue weighted by molar-refractivity contribution is 5.93. The molecule has 0 fully saturated rings. The zero-order valence-electron chi connectivity index (χ0n) is 12.1. The highest BCUT2D eigenvalue weighted by Gasteiger charge is 2.18. The van der Waals surface area contributed by atoms with Gasteiger partial charge in [-0.2, -0.15) is 4.40 Å². The van der Waals surface area contributed by atoms with Gasteiger partial charge < -0.3 is 31.2 Å². The minimum Gasteiger partial charge on any atom is -1.00 e. The quantitative estimate of drug-likeness (QED) is 0.476. The van der Waals surface area contributed by atoms with Crippen molar-refractivity contribution in [1.82, 2.24) is 0 Å². The molecule has 5 heteroatoms. The molecule has 0 amide bonds. The summed E-state index contributed by atoms with van der Waals surface area (Å²) in [5.41, 5.74) is 1.09. The van der Waals surface area contributed by atoms with Crippen LogP contribution in [0.3, 0.4) is 0 Å². The second-order valence-electron chi connectivity index (χ2n) is 4.45. The number of nitrogens with zero attached hydrogens (tertiary/aromatic N) is 1. The Morgan fingerprint density at radius 1 is 0.905 bits per heavy atom. The van der Waals surface area contributed by atoms with Gasteiger partial charge in [-0.3, -0.25) is 0 Å². The number of benzene rings is 1. The van der Waals surface area contributed by atoms with Gasteiger partial charge in [0.1, 0.15) is 0 Å². The summed E-state index contributed by atoms with van der Waals surface area (Å²) >= 11 is 0. The fourth-order valence-electron chi connectivity index (χ4n) is 2.46. The van der Waals surface area contributed by atoms with E-state index < -0.39 is 0 Å². The first-order valence-electron chi connectivity index (χ1n) is 6.31. The molecule has 0 bridgehead atoms. The summed E-state index contributed by atoms with van der Waals surface area (Å²) in [4.78, 5) is 0. The minimum absolute atomic E-state index is 0. The van der Waals surface area contributed by atoms with Gasteiger partial charge in [-0.05, 0) is 12.1 Å². The first kappa shape index (κ1) is 15.4. The number of aromatic nitrogens is 1. The van der Waals surface area contributed by atoms with Crippen molar-refractivity contribution >= 4 is 16.3 Å². The maximum absolute atomic E-state index is 5.53. The fourth-order valence-corrected chi connectivity index (χ4v) is 2.46. The monoisotopic (exact) mass is 349 g/mol. The molecule has 0 aliphatic heterocycles. The first-order valence-corrected chi connectivity index (χ1v) is 6.31. The Hall–Kier alpha value is -2.01. The van der Waals surface area contributed by atoms with E-state index in [1.165, 1.54) is 0 Å². The van der Waals surface area contributed by atoms with Gasteiger partial charge in [0, 0.05) is 23.6 Å². The molecule has 0 saturated carbocycles. The van der Waals surface area contributed by atoms with E-state index >= 15 is 0 Å². The van der Waals surface area contributed by atoms with E-state index in [1.807, 2.05) is 24.4 Å². The Morgan fingerprint density at radius 2 is 1.67 bits per heavy atom. The van der Waals surface area contributed by atoms with Crippen molar-refractivity contribution in [1.29, 1.82) is 0 Å². The van der Waals surface area contributed by atoms with Crippen LogP contribution in [0.4, 0.5) is 0 Å². The van der Waals surface area contributed by atoms with E-state index in [4.69, 9.17) is 14.2 Å². The number of hydrogen-bond acceptors (Lipinski definition) is 3. The average Bonchev–Trinajstić information content (AvgIpc) is 2.50. The average molecular weight is 350 g/mol. The molecule has 3 aromatic rings. The second kappa shape index (κ2) is 6.18. The topological polar surface area (TPSA) is 31.8 Å². The van der Waals surface area contributed by atoms with E-state index in [0.717, 1.165) is 16.3 Å². The lowest BCUT2D eigenvalue weighted by Gasteiger charge is -2.13. The van der Waals surface area contributed by atoms with Crippen molar-refractivity contribution in [3.8, 4) is 17.2 Å². The predicted molar refractivity (Wildman–Crippen MR) is 76.8 cm³/mol. The molecule has 0 radical (unpaired) electrons. The van der Waals surface area contributed by atoms with E-state index in [1.54, 1.807) is 21.3 Å². The summed E-state index contributed by atoms with van der Waals surface area (Å²) in [7, 11) is 4.87. The maximum Gasteiger partial charge on any atom is 0.211 e. The molecule has 3 rings (SSSR count). The number of halogens is 1. The van der Waals surface area contributed by atoms with Crippen molar-refractivity contribution in [3.05, 3.63) is 42.7 Å². The molecule has 0 atom stereocenters. The van der Waals surface area contributed by atoms with Crippen LogP contribution in [0, 0.1) is 0 Å². The Bertz CT molecular complexity index is 789. The molecule has 2 heterocycles. The van der Waals surface area contributed by atoms with Crippen LogP contribution >= 0.6 is 0 Å². The van der Waals surface area contributed by atoms with E-state index in [-0.39, 0.29) is 17.0 Å². The van der Waals surface area contributed by atoms with Gasteiger partial charge in [0.15, 0.2) is 23.9 Å². The summed E-state index contributed by atoms with van der Waals surface area (Å²) in [6.07, 6.45) is 4.06. The highest BCUT2D eigenvalue weighted by Crippen LogP contribution is 2.43. The number of ether oxygens (including phenoxy) is 3. The number of hydrogen-bond donors (Lipinski definition) is 0. The Kier molecular flexibility index (Phi) is 4.53. The van der Waals surface area contributed by atoms with Gasteiger partial charge >= 0.3 is 0 Å². The van der Waals surface area contributed by atoms with Crippen molar-refractivity contribution < 1.29 is 35.6 Å². The zero-order chi connectivity index (χ0) is 14.1. The number of rotatable bonds is 3. The molecule has 110 valence electrons. The number of methoxy groups -OCH3 is 3. The third-order valence-corrected chi connectivity index (χ3v) is 3.39.